The molecule has 0 rings (SSSR count). The van der Waals surface area contributed by atoms with E-state index >= 15 is 0 Å². The zero-order valence-electron chi connectivity index (χ0n) is 9.28. The highest BCUT2D eigenvalue weighted by atomic mass is 31.2. The van der Waals surface area contributed by atoms with Gasteiger partial charge in [0.05, 0.1) is 6.16 Å². The van der Waals surface area contributed by atoms with E-state index in [1.165, 1.54) is 0 Å². The van der Waals surface area contributed by atoms with Gasteiger partial charge in [0.15, 0.2) is 0 Å². The van der Waals surface area contributed by atoms with Crippen molar-refractivity contribution in [1.82, 2.24) is 0 Å². The van der Waals surface area contributed by atoms with Gasteiger partial charge >= 0.3 is 7.60 Å². The maximum absolute atomic E-state index is 10.7. The zero-order valence-corrected chi connectivity index (χ0v) is 10.2. The number of hydrogen-bond donors (Lipinski definition) is 2. The Balaban J connectivity index is 0. The van der Waals surface area contributed by atoms with Crippen LogP contribution in [0.3, 0.4) is 0 Å². The van der Waals surface area contributed by atoms with Crippen molar-refractivity contribution in [3.8, 4) is 0 Å². The minimum atomic E-state index is -3.78. The van der Waals surface area contributed by atoms with E-state index in [4.69, 9.17) is 9.79 Å². The summed E-state index contributed by atoms with van der Waals surface area (Å²) in [5.74, 6) is 0.200. The molecule has 0 aromatic carbocycles. The molecule has 0 radical (unpaired) electrons. The van der Waals surface area contributed by atoms with Crippen molar-refractivity contribution in [2.75, 3.05) is 6.16 Å². The highest BCUT2D eigenvalue weighted by molar-refractivity contribution is 7.51. The standard InChI is InChI=1S/C8H19O3P.C2H4/c1-3-5-6-8(4-2)7-12(9,10)11;1-2/h8H,3-7H2,1-2H3,(H2,9,10,11);1-2H2. The fraction of sp³-hybridized carbons (Fsp3) is 0.800. The molecule has 0 aliphatic heterocycles. The van der Waals surface area contributed by atoms with E-state index < -0.39 is 7.60 Å². The molecular weight excluding hydrogens is 199 g/mol. The Kier molecular flexibility index (Phi) is 11.0. The molecule has 0 aliphatic carbocycles. The molecule has 3 nitrogen and oxygen atoms in total. The second-order valence-corrected chi connectivity index (χ2v) is 4.96. The van der Waals surface area contributed by atoms with E-state index in [9.17, 15) is 4.57 Å². The Labute approximate surface area is 87.4 Å². The van der Waals surface area contributed by atoms with Crippen LogP contribution in [0.25, 0.3) is 0 Å². The first-order chi connectivity index (χ1) is 6.49. The smallest absolute Gasteiger partial charge is 0.324 e. The van der Waals surface area contributed by atoms with Crippen LogP contribution >= 0.6 is 7.60 Å². The van der Waals surface area contributed by atoms with E-state index in [2.05, 4.69) is 20.1 Å². The second kappa shape index (κ2) is 9.45. The zero-order chi connectivity index (χ0) is 11.6. The summed E-state index contributed by atoms with van der Waals surface area (Å²) in [6.07, 6.45) is 4.03. The fourth-order valence-corrected chi connectivity index (χ4v) is 2.37. The molecule has 2 N–H and O–H groups in total. The summed E-state index contributed by atoms with van der Waals surface area (Å²) in [6.45, 7) is 10.1. The lowest BCUT2D eigenvalue weighted by molar-refractivity contribution is 0.354. The molecular formula is C10H23O3P. The van der Waals surface area contributed by atoms with Crippen LogP contribution in [0.5, 0.6) is 0 Å². The molecule has 4 heteroatoms. The fourth-order valence-electron chi connectivity index (χ4n) is 1.25. The second-order valence-electron chi connectivity index (χ2n) is 3.26. The summed E-state index contributed by atoms with van der Waals surface area (Å²) in [5, 5.41) is 0. The quantitative estimate of drug-likeness (QED) is 0.536. The summed E-state index contributed by atoms with van der Waals surface area (Å²) in [5.41, 5.74) is 0. The number of hydrogen-bond acceptors (Lipinski definition) is 1. The Bertz CT molecular complexity index is 165. The molecule has 1 atom stereocenters. The van der Waals surface area contributed by atoms with Gasteiger partial charge in [-0.1, -0.05) is 33.1 Å². The topological polar surface area (TPSA) is 57.5 Å². The average Bonchev–Trinajstić information content (AvgIpc) is 2.14. The van der Waals surface area contributed by atoms with Crippen molar-refractivity contribution in [3.63, 3.8) is 0 Å². The third-order valence-corrected chi connectivity index (χ3v) is 3.03. The first kappa shape index (κ1) is 16.3. The lowest BCUT2D eigenvalue weighted by atomic mass is 10.0. The van der Waals surface area contributed by atoms with Crippen LogP contribution in [0.1, 0.15) is 39.5 Å². The first-order valence-electron chi connectivity index (χ1n) is 5.04. The van der Waals surface area contributed by atoms with Crippen molar-refractivity contribution < 1.29 is 14.4 Å². The normalized spacial score (nSPS) is 12.9. The van der Waals surface area contributed by atoms with Gasteiger partial charge in [-0.25, -0.2) is 0 Å². The van der Waals surface area contributed by atoms with Crippen LogP contribution in [0.2, 0.25) is 0 Å². The van der Waals surface area contributed by atoms with Crippen LogP contribution in [0.15, 0.2) is 13.2 Å². The SMILES string of the molecule is C=C.CCCCC(CC)CP(=O)(O)O. The van der Waals surface area contributed by atoms with Gasteiger partial charge in [0.2, 0.25) is 0 Å². The molecule has 14 heavy (non-hydrogen) atoms. The molecule has 0 saturated heterocycles. The molecule has 86 valence electrons. The predicted molar refractivity (Wildman–Crippen MR) is 61.5 cm³/mol. The Morgan fingerprint density at radius 2 is 1.79 bits per heavy atom. The summed E-state index contributed by atoms with van der Waals surface area (Å²) >= 11 is 0. The molecule has 0 spiro atoms. The largest absolute Gasteiger partial charge is 0.325 e. The van der Waals surface area contributed by atoms with Gasteiger partial charge < -0.3 is 9.79 Å². The van der Waals surface area contributed by atoms with E-state index in [0.717, 1.165) is 25.7 Å². The molecule has 0 amide bonds. The summed E-state index contributed by atoms with van der Waals surface area (Å²) in [7, 11) is -3.78. The lowest BCUT2D eigenvalue weighted by Gasteiger charge is -2.14. The van der Waals surface area contributed by atoms with Gasteiger partial charge in [-0.2, -0.15) is 0 Å². The molecule has 0 aromatic rings. The summed E-state index contributed by atoms with van der Waals surface area (Å²) in [4.78, 5) is 17.5. The molecule has 0 fully saturated rings. The van der Waals surface area contributed by atoms with Gasteiger partial charge in [-0.15, -0.1) is 13.2 Å². The van der Waals surface area contributed by atoms with Crippen LogP contribution in [0, 0.1) is 5.92 Å². The third kappa shape index (κ3) is 11.9. The first-order valence-corrected chi connectivity index (χ1v) is 6.84. The van der Waals surface area contributed by atoms with Crippen molar-refractivity contribution in [3.05, 3.63) is 13.2 Å². The molecule has 0 aliphatic rings. The Hall–Kier alpha value is -0.110. The molecule has 0 bridgehead atoms. The summed E-state index contributed by atoms with van der Waals surface area (Å²) in [6, 6.07) is 0. The van der Waals surface area contributed by atoms with Gasteiger partial charge in [-0.05, 0) is 12.3 Å². The van der Waals surface area contributed by atoms with E-state index in [1.807, 2.05) is 6.92 Å². The van der Waals surface area contributed by atoms with Crippen molar-refractivity contribution in [2.45, 2.75) is 39.5 Å². The van der Waals surface area contributed by atoms with Crippen molar-refractivity contribution in [1.29, 1.82) is 0 Å². The van der Waals surface area contributed by atoms with Gasteiger partial charge in [0, 0.05) is 0 Å². The number of rotatable bonds is 6. The molecule has 0 saturated carbocycles. The lowest BCUT2D eigenvalue weighted by Crippen LogP contribution is -2.05. The van der Waals surface area contributed by atoms with Crippen LogP contribution < -0.4 is 0 Å². The minimum Gasteiger partial charge on any atom is -0.324 e. The third-order valence-electron chi connectivity index (χ3n) is 2.04. The van der Waals surface area contributed by atoms with E-state index in [0.29, 0.717) is 0 Å². The van der Waals surface area contributed by atoms with Crippen LogP contribution in [-0.4, -0.2) is 15.9 Å². The molecule has 0 heterocycles. The monoisotopic (exact) mass is 222 g/mol. The van der Waals surface area contributed by atoms with E-state index in [-0.39, 0.29) is 12.1 Å². The molecule has 0 aromatic heterocycles. The van der Waals surface area contributed by atoms with Crippen molar-refractivity contribution in [2.24, 2.45) is 5.92 Å². The average molecular weight is 222 g/mol. The Morgan fingerprint density at radius 3 is 2.07 bits per heavy atom. The van der Waals surface area contributed by atoms with Crippen molar-refractivity contribution >= 4 is 7.60 Å². The minimum absolute atomic E-state index is 0.0590. The highest BCUT2D eigenvalue weighted by Gasteiger charge is 2.19. The maximum Gasteiger partial charge on any atom is 0.325 e. The van der Waals surface area contributed by atoms with Gasteiger partial charge in [-0.3, -0.25) is 4.57 Å². The number of unbranched alkanes of at least 4 members (excludes halogenated alkanes) is 1. The molecule has 1 unspecified atom stereocenters. The van der Waals surface area contributed by atoms with Gasteiger partial charge in [0.25, 0.3) is 0 Å². The Morgan fingerprint density at radius 1 is 1.29 bits per heavy atom. The predicted octanol–water partition coefficient (Wildman–Crippen LogP) is 3.18. The van der Waals surface area contributed by atoms with E-state index in [1.54, 1.807) is 0 Å². The maximum atomic E-state index is 10.7. The van der Waals surface area contributed by atoms with Crippen LogP contribution in [0.4, 0.5) is 0 Å². The van der Waals surface area contributed by atoms with Crippen LogP contribution in [-0.2, 0) is 4.57 Å². The summed E-state index contributed by atoms with van der Waals surface area (Å²) < 4.78 is 10.7. The highest BCUT2D eigenvalue weighted by Crippen LogP contribution is 2.38. The van der Waals surface area contributed by atoms with Gasteiger partial charge in [0.1, 0.15) is 0 Å².